The van der Waals surface area contributed by atoms with Gasteiger partial charge in [0.15, 0.2) is 0 Å². The smallest absolute Gasteiger partial charge is 0.208 e. The first kappa shape index (κ1) is 12.1. The predicted molar refractivity (Wildman–Crippen MR) is 69.1 cm³/mol. The third-order valence-electron chi connectivity index (χ3n) is 2.10. The molecular formula is C10H8BrFN4S. The second-order valence-corrected chi connectivity index (χ2v) is 4.72. The highest BCUT2D eigenvalue weighted by molar-refractivity contribution is 9.10. The molecule has 0 aliphatic carbocycles. The highest BCUT2D eigenvalue weighted by atomic mass is 79.9. The molecule has 0 aliphatic heterocycles. The first-order valence-corrected chi connectivity index (χ1v) is 5.89. The fraction of sp³-hybridized carbons (Fsp3) is 0.100. The number of benzene rings is 1. The Morgan fingerprint density at radius 3 is 2.88 bits per heavy atom. The van der Waals surface area contributed by atoms with Gasteiger partial charge in [-0.15, -0.1) is 5.10 Å². The summed E-state index contributed by atoms with van der Waals surface area (Å²) in [5.74, 6) is -0.00994. The topological polar surface area (TPSA) is 56.7 Å². The van der Waals surface area contributed by atoms with Gasteiger partial charge >= 0.3 is 0 Å². The quantitative estimate of drug-likeness (QED) is 0.879. The maximum Gasteiger partial charge on any atom is 0.208 e. The normalized spacial score (nSPS) is 10.5. The van der Waals surface area contributed by atoms with E-state index in [1.165, 1.54) is 17.1 Å². The van der Waals surface area contributed by atoms with Crippen molar-refractivity contribution in [3.8, 4) is 0 Å². The molecule has 1 aromatic heterocycles. The average Bonchev–Trinajstić information content (AvgIpc) is 2.71. The molecule has 0 aliphatic rings. The van der Waals surface area contributed by atoms with Crippen LogP contribution in [-0.2, 0) is 6.54 Å². The van der Waals surface area contributed by atoms with Crippen LogP contribution in [0.1, 0.15) is 11.4 Å². The fourth-order valence-corrected chi connectivity index (χ4v) is 1.73. The zero-order valence-electron chi connectivity index (χ0n) is 8.60. The molecule has 2 N–H and O–H groups in total. The van der Waals surface area contributed by atoms with Gasteiger partial charge < -0.3 is 5.73 Å². The highest BCUT2D eigenvalue weighted by Crippen LogP contribution is 2.15. The Kier molecular flexibility index (Phi) is 3.49. The van der Waals surface area contributed by atoms with Crippen molar-refractivity contribution >= 4 is 33.1 Å². The van der Waals surface area contributed by atoms with Crippen LogP contribution < -0.4 is 5.73 Å². The van der Waals surface area contributed by atoms with Crippen LogP contribution in [0.4, 0.5) is 4.39 Å². The Balaban J connectivity index is 2.22. The van der Waals surface area contributed by atoms with Gasteiger partial charge in [0.2, 0.25) is 5.82 Å². The molecule has 2 rings (SSSR count). The maximum absolute atomic E-state index is 13.6. The van der Waals surface area contributed by atoms with Crippen LogP contribution in [0.15, 0.2) is 29.0 Å². The second kappa shape index (κ2) is 4.89. The van der Waals surface area contributed by atoms with E-state index in [2.05, 4.69) is 26.0 Å². The molecule has 0 spiro atoms. The zero-order chi connectivity index (χ0) is 12.4. The molecule has 0 saturated carbocycles. The number of hydrogen-bond acceptors (Lipinski definition) is 3. The summed E-state index contributed by atoms with van der Waals surface area (Å²) in [7, 11) is 0. The van der Waals surface area contributed by atoms with Gasteiger partial charge in [0.05, 0.1) is 6.54 Å². The van der Waals surface area contributed by atoms with E-state index in [0.29, 0.717) is 10.0 Å². The number of aromatic nitrogens is 3. The van der Waals surface area contributed by atoms with Crippen LogP contribution in [0.3, 0.4) is 0 Å². The zero-order valence-corrected chi connectivity index (χ0v) is 11.0. The lowest BCUT2D eigenvalue weighted by atomic mass is 10.2. The van der Waals surface area contributed by atoms with Crippen molar-refractivity contribution in [2.75, 3.05) is 0 Å². The number of thiocarbonyl (C=S) groups is 1. The summed E-state index contributed by atoms with van der Waals surface area (Å²) in [6, 6.07) is 4.85. The highest BCUT2D eigenvalue weighted by Gasteiger charge is 2.07. The Bertz CT molecular complexity index is 569. The van der Waals surface area contributed by atoms with Gasteiger partial charge in [-0.25, -0.2) is 14.1 Å². The van der Waals surface area contributed by atoms with E-state index in [0.717, 1.165) is 0 Å². The third-order valence-corrected chi connectivity index (χ3v) is 2.78. The lowest BCUT2D eigenvalue weighted by molar-refractivity contribution is 0.583. The minimum Gasteiger partial charge on any atom is -0.387 e. The molecule has 0 unspecified atom stereocenters. The van der Waals surface area contributed by atoms with Crippen molar-refractivity contribution in [3.05, 3.63) is 46.2 Å². The molecule has 88 valence electrons. The number of nitrogens with zero attached hydrogens (tertiary/aromatic N) is 3. The van der Waals surface area contributed by atoms with Crippen molar-refractivity contribution < 1.29 is 4.39 Å². The summed E-state index contributed by atoms with van der Waals surface area (Å²) in [4.78, 5) is 4.04. The molecule has 7 heteroatoms. The molecule has 1 heterocycles. The van der Waals surface area contributed by atoms with Crippen LogP contribution in [0.5, 0.6) is 0 Å². The van der Waals surface area contributed by atoms with Crippen molar-refractivity contribution in [3.63, 3.8) is 0 Å². The maximum atomic E-state index is 13.6. The fourth-order valence-electron chi connectivity index (χ4n) is 1.31. The van der Waals surface area contributed by atoms with Gasteiger partial charge in [-0.3, -0.25) is 0 Å². The van der Waals surface area contributed by atoms with Crippen molar-refractivity contribution in [1.29, 1.82) is 0 Å². The number of nitrogens with two attached hydrogens (primary N) is 1. The lowest BCUT2D eigenvalue weighted by Gasteiger charge is -2.03. The SMILES string of the molecule is NC(=S)c1ncn(Cc2ccc(Br)cc2F)n1. The summed E-state index contributed by atoms with van der Waals surface area (Å²) in [5, 5.41) is 4.03. The summed E-state index contributed by atoms with van der Waals surface area (Å²) >= 11 is 7.94. The monoisotopic (exact) mass is 314 g/mol. The standard InChI is InChI=1S/C10H8BrFN4S/c11-7-2-1-6(8(12)3-7)4-16-5-14-10(15-16)9(13)17/h1-3,5H,4H2,(H2,13,17). The molecule has 0 saturated heterocycles. The van der Waals surface area contributed by atoms with Crippen molar-refractivity contribution in [2.45, 2.75) is 6.54 Å². The van der Waals surface area contributed by atoms with Gasteiger partial charge in [-0.1, -0.05) is 34.2 Å². The molecule has 0 atom stereocenters. The first-order chi connectivity index (χ1) is 8.06. The third kappa shape index (κ3) is 2.86. The van der Waals surface area contributed by atoms with E-state index < -0.39 is 0 Å². The molecule has 1 aromatic carbocycles. The van der Waals surface area contributed by atoms with Gasteiger partial charge in [-0.05, 0) is 12.1 Å². The molecule has 4 nitrogen and oxygen atoms in total. The van der Waals surface area contributed by atoms with Crippen LogP contribution in [0.2, 0.25) is 0 Å². The van der Waals surface area contributed by atoms with E-state index in [4.69, 9.17) is 18.0 Å². The largest absolute Gasteiger partial charge is 0.387 e. The number of rotatable bonds is 3. The molecule has 2 aromatic rings. The van der Waals surface area contributed by atoms with Gasteiger partial charge in [0, 0.05) is 10.0 Å². The van der Waals surface area contributed by atoms with E-state index in [9.17, 15) is 4.39 Å². The minimum atomic E-state index is -0.299. The first-order valence-electron chi connectivity index (χ1n) is 4.69. The van der Waals surface area contributed by atoms with E-state index in [1.807, 2.05) is 0 Å². The molecule has 17 heavy (non-hydrogen) atoms. The predicted octanol–water partition coefficient (Wildman–Crippen LogP) is 1.86. The summed E-state index contributed by atoms with van der Waals surface area (Å²) in [6.45, 7) is 0.286. The number of halogens is 2. The summed E-state index contributed by atoms with van der Waals surface area (Å²) in [5.41, 5.74) is 5.90. The molecular weight excluding hydrogens is 307 g/mol. The molecule has 0 fully saturated rings. The second-order valence-electron chi connectivity index (χ2n) is 3.37. The van der Waals surface area contributed by atoms with Gasteiger partial charge in [0.1, 0.15) is 17.1 Å². The van der Waals surface area contributed by atoms with Crippen molar-refractivity contribution in [2.24, 2.45) is 5.73 Å². The molecule has 0 bridgehead atoms. The molecule has 0 radical (unpaired) electrons. The average molecular weight is 315 g/mol. The van der Waals surface area contributed by atoms with E-state index in [1.54, 1.807) is 12.1 Å². The van der Waals surface area contributed by atoms with Crippen LogP contribution in [0.25, 0.3) is 0 Å². The van der Waals surface area contributed by atoms with Crippen molar-refractivity contribution in [1.82, 2.24) is 14.8 Å². The van der Waals surface area contributed by atoms with Gasteiger partial charge in [-0.2, -0.15) is 0 Å². The summed E-state index contributed by atoms with van der Waals surface area (Å²) in [6.07, 6.45) is 1.47. The molecule has 0 amide bonds. The van der Waals surface area contributed by atoms with Gasteiger partial charge in [0.25, 0.3) is 0 Å². The van der Waals surface area contributed by atoms with Crippen LogP contribution in [0, 0.1) is 5.82 Å². The van der Waals surface area contributed by atoms with Crippen LogP contribution in [-0.4, -0.2) is 19.8 Å². The lowest BCUT2D eigenvalue weighted by Crippen LogP contribution is -2.12. The minimum absolute atomic E-state index is 0.125. The van der Waals surface area contributed by atoms with E-state index >= 15 is 0 Å². The van der Waals surface area contributed by atoms with Crippen LogP contribution >= 0.6 is 28.1 Å². The Hall–Kier alpha value is -1.34. The Labute approximate surface area is 111 Å². The Morgan fingerprint density at radius 2 is 2.29 bits per heavy atom. The number of hydrogen-bond donors (Lipinski definition) is 1. The summed E-state index contributed by atoms with van der Waals surface area (Å²) < 4.78 is 15.7. The Morgan fingerprint density at radius 1 is 1.53 bits per heavy atom. The van der Waals surface area contributed by atoms with E-state index in [-0.39, 0.29) is 23.2 Å².